The maximum atomic E-state index is 7.51. The number of unbranched alkanes of at least 4 members (excludes halogenated alkanes) is 18. The van der Waals surface area contributed by atoms with Crippen molar-refractivity contribution in [3.63, 3.8) is 0 Å². The van der Waals surface area contributed by atoms with E-state index in [2.05, 4.69) is 125 Å². The average molecular weight is 927 g/mol. The average Bonchev–Trinajstić information content (AvgIpc) is 3.40. The van der Waals surface area contributed by atoms with Crippen molar-refractivity contribution in [3.05, 3.63) is 166 Å². The molecule has 6 aromatic rings. The van der Waals surface area contributed by atoms with Gasteiger partial charge in [0.2, 0.25) is 0 Å². The van der Waals surface area contributed by atoms with E-state index in [1.165, 1.54) is 164 Å². The summed E-state index contributed by atoms with van der Waals surface area (Å²) in [6.07, 6.45) is 40.1. The zero-order valence-electron chi connectivity index (χ0n) is 43.3. The molecule has 5 nitrogen and oxygen atoms in total. The minimum atomic E-state index is -0.316. The van der Waals surface area contributed by atoms with Gasteiger partial charge in [-0.25, -0.2) is 19.9 Å². The van der Waals surface area contributed by atoms with E-state index < -0.39 is 0 Å². The molecule has 2 heterocycles. The van der Waals surface area contributed by atoms with Crippen LogP contribution in [0.4, 0.5) is 0 Å². The van der Waals surface area contributed by atoms with E-state index in [0.717, 1.165) is 70.7 Å². The largest absolute Gasteiger partial charge is 0.356 e. The number of nitrogens with zero attached hydrogens (tertiary/aromatic N) is 4. The van der Waals surface area contributed by atoms with Gasteiger partial charge < -0.3 is 4.74 Å². The summed E-state index contributed by atoms with van der Waals surface area (Å²) in [6.45, 7) is 9.11. The summed E-state index contributed by atoms with van der Waals surface area (Å²) in [5.41, 5.74) is 11.7. The SMILES string of the molecule is CCCCCCCCCc1cnc(-c2ccc(C(OC(c3ccc(CCCCCC)cc3)c3ccc(-c4ncc(CCCCCCCCC)cn4)cc3)c3ccc(CCCCCC)cc3)cc2)nc1. The molecule has 368 valence electrons. The zero-order valence-corrected chi connectivity index (χ0v) is 43.3. The molecule has 5 heteroatoms. The van der Waals surface area contributed by atoms with Crippen LogP contribution in [0.1, 0.15) is 226 Å². The first kappa shape index (κ1) is 53.4. The van der Waals surface area contributed by atoms with Crippen molar-refractivity contribution >= 4 is 0 Å². The van der Waals surface area contributed by atoms with Crippen LogP contribution in [-0.4, -0.2) is 19.9 Å². The van der Waals surface area contributed by atoms with E-state index in [4.69, 9.17) is 24.7 Å². The van der Waals surface area contributed by atoms with Crippen LogP contribution in [0.3, 0.4) is 0 Å². The molecule has 0 aliphatic heterocycles. The summed E-state index contributed by atoms with van der Waals surface area (Å²) in [5, 5.41) is 0. The highest BCUT2D eigenvalue weighted by atomic mass is 16.5. The molecule has 6 rings (SSSR count). The third kappa shape index (κ3) is 18.4. The highest BCUT2D eigenvalue weighted by Crippen LogP contribution is 2.38. The Balaban J connectivity index is 1.23. The lowest BCUT2D eigenvalue weighted by molar-refractivity contribution is 0.0308. The fraction of sp³-hybridized carbons (Fsp3) is 0.500. The van der Waals surface area contributed by atoms with Crippen molar-refractivity contribution < 1.29 is 4.74 Å². The van der Waals surface area contributed by atoms with E-state index >= 15 is 0 Å². The first-order valence-electron chi connectivity index (χ1n) is 27.7. The number of hydrogen-bond acceptors (Lipinski definition) is 5. The second-order valence-electron chi connectivity index (χ2n) is 19.8. The molecule has 0 saturated carbocycles. The van der Waals surface area contributed by atoms with Gasteiger partial charge in [0.15, 0.2) is 11.6 Å². The minimum Gasteiger partial charge on any atom is -0.356 e. The molecule has 4 aromatic carbocycles. The van der Waals surface area contributed by atoms with Crippen molar-refractivity contribution in [1.29, 1.82) is 0 Å². The minimum absolute atomic E-state index is 0.316. The fourth-order valence-electron chi connectivity index (χ4n) is 9.52. The Kier molecular flexibility index (Phi) is 24.2. The van der Waals surface area contributed by atoms with Gasteiger partial charge in [0, 0.05) is 35.9 Å². The van der Waals surface area contributed by atoms with Gasteiger partial charge in [-0.2, -0.15) is 0 Å². The summed E-state index contributed by atoms with van der Waals surface area (Å²) in [5.74, 6) is 1.52. The molecule has 2 atom stereocenters. The summed E-state index contributed by atoms with van der Waals surface area (Å²) >= 11 is 0. The smallest absolute Gasteiger partial charge is 0.159 e. The molecule has 0 saturated heterocycles. The third-order valence-electron chi connectivity index (χ3n) is 14.0. The Morgan fingerprint density at radius 3 is 0.841 bits per heavy atom. The van der Waals surface area contributed by atoms with E-state index in [-0.39, 0.29) is 12.2 Å². The lowest BCUT2D eigenvalue weighted by Crippen LogP contribution is -2.14. The van der Waals surface area contributed by atoms with Crippen LogP contribution in [0.15, 0.2) is 122 Å². The van der Waals surface area contributed by atoms with Crippen molar-refractivity contribution in [2.45, 2.75) is 207 Å². The molecule has 0 aliphatic carbocycles. The summed E-state index contributed by atoms with van der Waals surface area (Å²) in [7, 11) is 0. The number of aromatic nitrogens is 4. The molecular formula is C64H86N4O. The van der Waals surface area contributed by atoms with E-state index in [9.17, 15) is 0 Å². The molecule has 69 heavy (non-hydrogen) atoms. The molecule has 0 spiro atoms. The first-order valence-corrected chi connectivity index (χ1v) is 27.7. The van der Waals surface area contributed by atoms with E-state index in [0.29, 0.717) is 0 Å². The van der Waals surface area contributed by atoms with Gasteiger partial charge in [0.05, 0.1) is 0 Å². The van der Waals surface area contributed by atoms with Crippen molar-refractivity contribution in [3.8, 4) is 22.8 Å². The number of benzene rings is 4. The quantitative estimate of drug-likeness (QED) is 0.0377. The Hall–Kier alpha value is -5.00. The first-order chi connectivity index (χ1) is 34.1. The molecule has 0 bridgehead atoms. The van der Waals surface area contributed by atoms with Crippen LogP contribution < -0.4 is 0 Å². The molecule has 0 aliphatic rings. The van der Waals surface area contributed by atoms with Crippen LogP contribution in [-0.2, 0) is 30.4 Å². The summed E-state index contributed by atoms with van der Waals surface area (Å²) in [6, 6.07) is 35.9. The van der Waals surface area contributed by atoms with Crippen molar-refractivity contribution in [2.24, 2.45) is 0 Å². The Bertz CT molecular complexity index is 2070. The maximum Gasteiger partial charge on any atom is 0.159 e. The summed E-state index contributed by atoms with van der Waals surface area (Å²) in [4.78, 5) is 19.3. The van der Waals surface area contributed by atoms with Crippen LogP contribution in [0.2, 0.25) is 0 Å². The van der Waals surface area contributed by atoms with Crippen molar-refractivity contribution in [2.75, 3.05) is 0 Å². The van der Waals surface area contributed by atoms with E-state index in [1.54, 1.807) is 0 Å². The third-order valence-corrected chi connectivity index (χ3v) is 14.0. The van der Waals surface area contributed by atoms with Gasteiger partial charge in [0.1, 0.15) is 12.2 Å². The molecule has 2 unspecified atom stereocenters. The lowest BCUT2D eigenvalue weighted by Gasteiger charge is -2.27. The second-order valence-corrected chi connectivity index (χ2v) is 19.8. The predicted octanol–water partition coefficient (Wildman–Crippen LogP) is 18.3. The molecule has 2 aromatic heterocycles. The fourth-order valence-corrected chi connectivity index (χ4v) is 9.52. The molecule has 0 N–H and O–H groups in total. The van der Waals surface area contributed by atoms with Gasteiger partial charge in [-0.15, -0.1) is 0 Å². The standard InChI is InChI=1S/C64H86N4O/c1-5-9-13-17-19-21-25-29-53-47-65-63(66-48-53)59-43-39-57(40-44-59)61(55-35-31-51(32-36-55)27-23-15-11-7-3)69-62(56-37-33-52(34-38-56)28-24-16-12-8-4)58-41-45-60(46-42-58)64-67-49-54(50-68-64)30-26-22-20-18-14-10-6-2/h31-50,61-62H,5-30H2,1-4H3. The molecule has 0 radical (unpaired) electrons. The predicted molar refractivity (Wildman–Crippen MR) is 292 cm³/mol. The number of hydrogen-bond donors (Lipinski definition) is 0. The normalized spacial score (nSPS) is 12.3. The van der Waals surface area contributed by atoms with Gasteiger partial charge in [0.25, 0.3) is 0 Å². The molecule has 0 fully saturated rings. The number of ether oxygens (including phenoxy) is 1. The highest BCUT2D eigenvalue weighted by Gasteiger charge is 2.24. The maximum absolute atomic E-state index is 7.51. The number of rotatable bonds is 34. The molecular weight excluding hydrogens is 841 g/mol. The second kappa shape index (κ2) is 31.3. The van der Waals surface area contributed by atoms with Gasteiger partial charge in [-0.3, -0.25) is 0 Å². The molecule has 0 amide bonds. The summed E-state index contributed by atoms with van der Waals surface area (Å²) < 4.78 is 7.51. The zero-order chi connectivity index (χ0) is 48.1. The Morgan fingerprint density at radius 2 is 0.536 bits per heavy atom. The highest BCUT2D eigenvalue weighted by molar-refractivity contribution is 5.57. The number of aryl methyl sites for hydroxylation is 4. The Morgan fingerprint density at radius 1 is 0.290 bits per heavy atom. The van der Waals surface area contributed by atoms with Crippen LogP contribution in [0.5, 0.6) is 0 Å². The topological polar surface area (TPSA) is 60.8 Å². The monoisotopic (exact) mass is 927 g/mol. The van der Waals surface area contributed by atoms with Crippen LogP contribution >= 0.6 is 0 Å². The van der Waals surface area contributed by atoms with Gasteiger partial charge >= 0.3 is 0 Å². The van der Waals surface area contributed by atoms with Crippen LogP contribution in [0, 0.1) is 0 Å². The van der Waals surface area contributed by atoms with Gasteiger partial charge in [-0.1, -0.05) is 240 Å². The van der Waals surface area contributed by atoms with Gasteiger partial charge in [-0.05, 0) is 95.9 Å². The van der Waals surface area contributed by atoms with Crippen LogP contribution in [0.25, 0.3) is 22.8 Å². The van der Waals surface area contributed by atoms with Crippen molar-refractivity contribution in [1.82, 2.24) is 19.9 Å². The van der Waals surface area contributed by atoms with E-state index in [1.807, 2.05) is 24.8 Å². The lowest BCUT2D eigenvalue weighted by atomic mass is 9.95. The Labute approximate surface area is 418 Å².